The van der Waals surface area contributed by atoms with Crippen molar-refractivity contribution in [2.45, 2.75) is 19.8 Å². The van der Waals surface area contributed by atoms with Crippen molar-refractivity contribution >= 4 is 29.1 Å². The molecule has 0 spiro atoms. The molecule has 2 amide bonds. The fourth-order valence-corrected chi connectivity index (χ4v) is 3.96. The number of ether oxygens (including phenoxy) is 1. The van der Waals surface area contributed by atoms with E-state index in [1.54, 1.807) is 4.90 Å². The van der Waals surface area contributed by atoms with Gasteiger partial charge in [-0.2, -0.15) is 0 Å². The summed E-state index contributed by atoms with van der Waals surface area (Å²) in [7, 11) is 0. The third-order valence-corrected chi connectivity index (χ3v) is 5.61. The van der Waals surface area contributed by atoms with Crippen molar-refractivity contribution in [2.75, 3.05) is 19.7 Å². The summed E-state index contributed by atoms with van der Waals surface area (Å²) in [5.41, 5.74) is 8.20. The minimum atomic E-state index is -0.516. The van der Waals surface area contributed by atoms with Crippen LogP contribution in [0.2, 0.25) is 0 Å². The van der Waals surface area contributed by atoms with E-state index in [-0.39, 0.29) is 18.4 Å². The Labute approximate surface area is 161 Å². The van der Waals surface area contributed by atoms with Crippen molar-refractivity contribution in [3.63, 3.8) is 0 Å². The number of nitrogens with zero attached hydrogens (tertiary/aromatic N) is 1. The molecule has 1 aromatic carbocycles. The van der Waals surface area contributed by atoms with E-state index in [9.17, 15) is 14.4 Å². The number of aryl methyl sites for hydroxylation is 1. The molecule has 0 bridgehead atoms. The first-order valence-corrected chi connectivity index (χ1v) is 9.72. The Balaban J connectivity index is 1.62. The number of esters is 1. The van der Waals surface area contributed by atoms with Crippen molar-refractivity contribution in [1.29, 1.82) is 0 Å². The molecule has 1 aliphatic heterocycles. The third kappa shape index (κ3) is 4.54. The van der Waals surface area contributed by atoms with Crippen molar-refractivity contribution < 1.29 is 19.1 Å². The van der Waals surface area contributed by atoms with E-state index in [2.05, 4.69) is 0 Å². The van der Waals surface area contributed by atoms with E-state index in [0.717, 1.165) is 23.1 Å². The molecule has 1 aliphatic rings. The highest BCUT2D eigenvalue weighted by molar-refractivity contribution is 7.12. The zero-order chi connectivity index (χ0) is 19.4. The van der Waals surface area contributed by atoms with E-state index < -0.39 is 11.9 Å². The van der Waals surface area contributed by atoms with E-state index >= 15 is 0 Å². The second kappa shape index (κ2) is 8.35. The van der Waals surface area contributed by atoms with Crippen molar-refractivity contribution in [3.8, 4) is 11.1 Å². The van der Waals surface area contributed by atoms with E-state index in [4.69, 9.17) is 10.5 Å². The molecular formula is C20H22N2O4S. The molecule has 0 aliphatic carbocycles. The maximum absolute atomic E-state index is 12.5. The molecule has 0 unspecified atom stereocenters. The van der Waals surface area contributed by atoms with Gasteiger partial charge in [-0.1, -0.05) is 29.8 Å². The Morgan fingerprint density at radius 2 is 1.96 bits per heavy atom. The molecule has 1 aromatic heterocycles. The second-order valence-corrected chi connectivity index (χ2v) is 7.60. The van der Waals surface area contributed by atoms with E-state index in [0.29, 0.717) is 24.4 Å². The average Bonchev–Trinajstić information content (AvgIpc) is 3.16. The van der Waals surface area contributed by atoms with E-state index in [1.807, 2.05) is 42.6 Å². The molecule has 3 rings (SSSR count). The first kappa shape index (κ1) is 19.1. The lowest BCUT2D eigenvalue weighted by Crippen LogP contribution is -2.45. The summed E-state index contributed by atoms with van der Waals surface area (Å²) >= 11 is 1.29. The van der Waals surface area contributed by atoms with Crippen LogP contribution in [0.4, 0.5) is 0 Å². The lowest BCUT2D eigenvalue weighted by atomic mass is 9.97. The summed E-state index contributed by atoms with van der Waals surface area (Å²) in [6.45, 7) is 2.50. The predicted molar refractivity (Wildman–Crippen MR) is 103 cm³/mol. The first-order valence-electron chi connectivity index (χ1n) is 8.84. The van der Waals surface area contributed by atoms with Gasteiger partial charge in [0.05, 0.1) is 5.92 Å². The molecule has 7 heteroatoms. The second-order valence-electron chi connectivity index (χ2n) is 6.69. The molecule has 142 valence electrons. The largest absolute Gasteiger partial charge is 0.451 e. The minimum Gasteiger partial charge on any atom is -0.451 e. The van der Waals surface area contributed by atoms with Crippen molar-refractivity contribution in [2.24, 2.45) is 11.7 Å². The van der Waals surface area contributed by atoms with Gasteiger partial charge in [0, 0.05) is 18.7 Å². The number of amides is 2. The molecule has 0 saturated carbocycles. The summed E-state index contributed by atoms with van der Waals surface area (Å²) in [4.78, 5) is 38.2. The highest BCUT2D eigenvalue weighted by Crippen LogP contribution is 2.29. The zero-order valence-corrected chi connectivity index (χ0v) is 16.0. The number of carbonyl (C=O) groups is 3. The fraction of sp³-hybridized carbons (Fsp3) is 0.350. The van der Waals surface area contributed by atoms with Gasteiger partial charge >= 0.3 is 5.97 Å². The lowest BCUT2D eigenvalue weighted by Gasteiger charge is -2.31. The molecule has 0 radical (unpaired) electrons. The zero-order valence-electron chi connectivity index (χ0n) is 15.1. The van der Waals surface area contributed by atoms with Gasteiger partial charge in [0.15, 0.2) is 6.61 Å². The van der Waals surface area contributed by atoms with Crippen LogP contribution < -0.4 is 5.73 Å². The number of hydrogen-bond donors (Lipinski definition) is 1. The lowest BCUT2D eigenvalue weighted by molar-refractivity contribution is -0.137. The van der Waals surface area contributed by atoms with Gasteiger partial charge in [-0.05, 0) is 36.8 Å². The van der Waals surface area contributed by atoms with Crippen LogP contribution in [-0.2, 0) is 14.3 Å². The summed E-state index contributed by atoms with van der Waals surface area (Å²) in [5, 5.41) is 1.83. The Kier molecular flexibility index (Phi) is 5.91. The van der Waals surface area contributed by atoms with Crippen molar-refractivity contribution in [1.82, 2.24) is 4.90 Å². The van der Waals surface area contributed by atoms with E-state index in [1.165, 1.54) is 11.3 Å². The van der Waals surface area contributed by atoms with Crippen LogP contribution >= 0.6 is 11.3 Å². The third-order valence-electron chi connectivity index (χ3n) is 4.72. The standard InChI is InChI=1S/C20H22N2O4S/c1-13-4-6-14(7-5-13)16-8-10-27-18(16)20(25)26-12-17(23)22-9-2-3-15(11-22)19(21)24/h4-8,10,15H,2-3,9,11-12H2,1H3,(H2,21,24)/t15-/m0/s1. The number of thiophene rings is 1. The molecule has 6 nitrogen and oxygen atoms in total. The molecule has 2 N–H and O–H groups in total. The van der Waals surface area contributed by atoms with Gasteiger partial charge in [0.25, 0.3) is 5.91 Å². The number of carbonyl (C=O) groups excluding carboxylic acids is 3. The number of benzene rings is 1. The molecule has 1 saturated heterocycles. The number of rotatable bonds is 5. The van der Waals surface area contributed by atoms with Gasteiger partial charge < -0.3 is 15.4 Å². The molecule has 1 atom stereocenters. The van der Waals surface area contributed by atoms with Gasteiger partial charge in [0.2, 0.25) is 5.91 Å². The van der Waals surface area contributed by atoms with Crippen LogP contribution in [0.15, 0.2) is 35.7 Å². The summed E-state index contributed by atoms with van der Waals surface area (Å²) in [6, 6.07) is 9.75. The van der Waals surface area contributed by atoms with Crippen LogP contribution in [-0.4, -0.2) is 42.4 Å². The van der Waals surface area contributed by atoms with Crippen molar-refractivity contribution in [3.05, 3.63) is 46.2 Å². The number of primary amides is 1. The van der Waals surface area contributed by atoms with Crippen LogP contribution in [0.3, 0.4) is 0 Å². The first-order chi connectivity index (χ1) is 13.0. The van der Waals surface area contributed by atoms with Gasteiger partial charge in [0.1, 0.15) is 4.88 Å². The Hall–Kier alpha value is -2.67. The van der Waals surface area contributed by atoms with Gasteiger partial charge in [-0.25, -0.2) is 4.79 Å². The van der Waals surface area contributed by atoms with Gasteiger partial charge in [-0.3, -0.25) is 9.59 Å². The van der Waals surface area contributed by atoms with Crippen LogP contribution in [0, 0.1) is 12.8 Å². The van der Waals surface area contributed by atoms with Crippen LogP contribution in [0.5, 0.6) is 0 Å². The highest BCUT2D eigenvalue weighted by Gasteiger charge is 2.27. The Morgan fingerprint density at radius 3 is 2.67 bits per heavy atom. The monoisotopic (exact) mass is 386 g/mol. The maximum Gasteiger partial charge on any atom is 0.349 e. The summed E-state index contributed by atoms with van der Waals surface area (Å²) in [5.74, 6) is -1.55. The van der Waals surface area contributed by atoms with Crippen LogP contribution in [0.25, 0.3) is 11.1 Å². The molecular weight excluding hydrogens is 364 g/mol. The maximum atomic E-state index is 12.5. The van der Waals surface area contributed by atoms with Gasteiger partial charge in [-0.15, -0.1) is 11.3 Å². The number of nitrogens with two attached hydrogens (primary N) is 1. The topological polar surface area (TPSA) is 89.7 Å². The molecule has 2 aromatic rings. The minimum absolute atomic E-state index is 0.291. The Bertz CT molecular complexity index is 844. The molecule has 1 fully saturated rings. The average molecular weight is 386 g/mol. The quantitative estimate of drug-likeness (QED) is 0.800. The fourth-order valence-electron chi connectivity index (χ4n) is 3.15. The SMILES string of the molecule is Cc1ccc(-c2ccsc2C(=O)OCC(=O)N2CCC[C@H](C(N)=O)C2)cc1. The number of likely N-dealkylation sites (tertiary alicyclic amines) is 1. The number of hydrogen-bond acceptors (Lipinski definition) is 5. The van der Waals surface area contributed by atoms with Crippen LogP contribution in [0.1, 0.15) is 28.1 Å². The smallest absolute Gasteiger partial charge is 0.349 e. The summed E-state index contributed by atoms with van der Waals surface area (Å²) in [6.07, 6.45) is 1.41. The predicted octanol–water partition coefficient (Wildman–Crippen LogP) is 2.60. The molecule has 27 heavy (non-hydrogen) atoms. The Morgan fingerprint density at radius 1 is 1.22 bits per heavy atom. The normalized spacial score (nSPS) is 16.8. The number of piperidine rings is 1. The highest BCUT2D eigenvalue weighted by atomic mass is 32.1. The molecule has 2 heterocycles. The summed E-state index contributed by atoms with van der Waals surface area (Å²) < 4.78 is 5.25.